The van der Waals surface area contributed by atoms with Gasteiger partial charge in [0.05, 0.1) is 23.1 Å². The summed E-state index contributed by atoms with van der Waals surface area (Å²) >= 11 is 6.02. The summed E-state index contributed by atoms with van der Waals surface area (Å²) in [7, 11) is 1.35. The molecule has 0 saturated carbocycles. The number of halogens is 4. The fourth-order valence-electron chi connectivity index (χ4n) is 3.01. The van der Waals surface area contributed by atoms with Gasteiger partial charge in [-0.15, -0.1) is 0 Å². The van der Waals surface area contributed by atoms with Crippen LogP contribution < -0.4 is 4.90 Å². The number of alkyl halides is 3. The van der Waals surface area contributed by atoms with Crippen molar-refractivity contribution in [1.29, 1.82) is 0 Å². The van der Waals surface area contributed by atoms with Crippen molar-refractivity contribution in [1.82, 2.24) is 4.98 Å². The molecule has 0 aromatic carbocycles. The topological polar surface area (TPSA) is 42.4 Å². The van der Waals surface area contributed by atoms with Crippen molar-refractivity contribution >= 4 is 23.4 Å². The molecule has 4 nitrogen and oxygen atoms in total. The first kappa shape index (κ1) is 18.8. The fourth-order valence-corrected chi connectivity index (χ4v) is 3.29. The number of rotatable bonds is 3. The molecule has 1 aliphatic rings. The summed E-state index contributed by atoms with van der Waals surface area (Å²) in [6.07, 6.45) is -2.07. The molecule has 1 unspecified atom stereocenters. The minimum Gasteiger partial charge on any atom is -0.469 e. The Kier molecular flexibility index (Phi) is 5.32. The van der Waals surface area contributed by atoms with Crippen LogP contribution in [0.15, 0.2) is 12.3 Å². The molecule has 24 heavy (non-hydrogen) atoms. The molecule has 1 fully saturated rings. The Hall–Kier alpha value is -1.50. The highest BCUT2D eigenvalue weighted by atomic mass is 35.5. The predicted octanol–water partition coefficient (Wildman–Crippen LogP) is 4.17. The lowest BCUT2D eigenvalue weighted by Crippen LogP contribution is -2.45. The number of hydrogen-bond donors (Lipinski definition) is 0. The molecule has 1 aliphatic heterocycles. The summed E-state index contributed by atoms with van der Waals surface area (Å²) in [6, 6.07) is 0.888. The van der Waals surface area contributed by atoms with Gasteiger partial charge in [0.25, 0.3) is 0 Å². The van der Waals surface area contributed by atoms with E-state index in [-0.39, 0.29) is 16.9 Å². The maximum atomic E-state index is 12.7. The van der Waals surface area contributed by atoms with Gasteiger partial charge in [-0.25, -0.2) is 4.98 Å². The van der Waals surface area contributed by atoms with Gasteiger partial charge in [0.1, 0.15) is 5.82 Å². The van der Waals surface area contributed by atoms with Crippen molar-refractivity contribution in [3.63, 3.8) is 0 Å². The second kappa shape index (κ2) is 6.78. The predicted molar refractivity (Wildman–Crippen MR) is 85.0 cm³/mol. The highest BCUT2D eigenvalue weighted by Crippen LogP contribution is 2.38. The van der Waals surface area contributed by atoms with Crippen molar-refractivity contribution < 1.29 is 22.7 Å². The Morgan fingerprint density at radius 2 is 2.08 bits per heavy atom. The number of aromatic nitrogens is 1. The molecule has 8 heteroatoms. The van der Waals surface area contributed by atoms with E-state index in [0.717, 1.165) is 25.1 Å². The lowest BCUT2D eigenvalue weighted by molar-refractivity contribution is -0.154. The van der Waals surface area contributed by atoms with Gasteiger partial charge in [0.2, 0.25) is 0 Å². The van der Waals surface area contributed by atoms with Crippen LogP contribution in [0.3, 0.4) is 0 Å². The molecule has 2 heterocycles. The summed E-state index contributed by atoms with van der Waals surface area (Å²) in [5, 5.41) is -0.0404. The van der Waals surface area contributed by atoms with Gasteiger partial charge in [-0.3, -0.25) is 4.79 Å². The van der Waals surface area contributed by atoms with Crippen molar-refractivity contribution in [3.8, 4) is 0 Å². The second-order valence-electron chi connectivity index (χ2n) is 6.53. The fraction of sp³-hybridized carbons (Fsp3) is 0.625. The minimum absolute atomic E-state index is 0.00106. The smallest absolute Gasteiger partial charge is 0.417 e. The maximum absolute atomic E-state index is 12.7. The molecule has 0 amide bonds. The first-order chi connectivity index (χ1) is 11.1. The van der Waals surface area contributed by atoms with E-state index in [0.29, 0.717) is 18.9 Å². The Balaban J connectivity index is 2.23. The monoisotopic (exact) mass is 364 g/mol. The standard InChI is InChI=1S/C16H20ClF3N2O2/c1-15(2,14(23)24-3)10-5-4-6-22(9-10)13-12(17)7-11(8-21-13)16(18,19)20/h7-8,10H,4-6,9H2,1-3H3. The molecule has 1 saturated heterocycles. The van der Waals surface area contributed by atoms with E-state index in [1.807, 2.05) is 18.7 Å². The van der Waals surface area contributed by atoms with Crippen LogP contribution in [-0.4, -0.2) is 31.2 Å². The van der Waals surface area contributed by atoms with Gasteiger partial charge in [0.15, 0.2) is 0 Å². The molecule has 0 N–H and O–H groups in total. The SMILES string of the molecule is COC(=O)C(C)(C)C1CCCN(c2ncc(C(F)(F)F)cc2Cl)C1. The lowest BCUT2D eigenvalue weighted by atomic mass is 9.74. The largest absolute Gasteiger partial charge is 0.469 e. The minimum atomic E-state index is -4.48. The first-order valence-electron chi connectivity index (χ1n) is 7.63. The Bertz CT molecular complexity index is 620. The van der Waals surface area contributed by atoms with Crippen LogP contribution >= 0.6 is 11.6 Å². The molecule has 0 bridgehead atoms. The number of ether oxygens (including phenoxy) is 1. The third kappa shape index (κ3) is 3.77. The number of carbonyl (C=O) groups is 1. The average molecular weight is 365 g/mol. The summed E-state index contributed by atoms with van der Waals surface area (Å²) in [5.74, 6) is 0.00900. The highest BCUT2D eigenvalue weighted by molar-refractivity contribution is 6.33. The molecule has 0 aliphatic carbocycles. The van der Waals surface area contributed by atoms with Crippen LogP contribution in [0.4, 0.5) is 19.0 Å². The molecule has 1 atom stereocenters. The van der Waals surface area contributed by atoms with Gasteiger partial charge < -0.3 is 9.64 Å². The van der Waals surface area contributed by atoms with E-state index in [1.54, 1.807) is 0 Å². The van der Waals surface area contributed by atoms with Crippen LogP contribution in [0.25, 0.3) is 0 Å². The molecule has 2 rings (SSSR count). The zero-order valence-electron chi connectivity index (χ0n) is 13.8. The summed E-state index contributed by atoms with van der Waals surface area (Å²) in [6.45, 7) is 4.75. The molecule has 1 aromatic heterocycles. The van der Waals surface area contributed by atoms with Gasteiger partial charge in [-0.05, 0) is 38.7 Å². The number of hydrogen-bond acceptors (Lipinski definition) is 4. The quantitative estimate of drug-likeness (QED) is 0.755. The Labute approximate surface area is 143 Å². The van der Waals surface area contributed by atoms with E-state index in [2.05, 4.69) is 4.98 Å². The van der Waals surface area contributed by atoms with Crippen molar-refractivity contribution in [2.75, 3.05) is 25.1 Å². The van der Waals surface area contributed by atoms with Crippen LogP contribution in [-0.2, 0) is 15.7 Å². The summed E-state index contributed by atoms with van der Waals surface area (Å²) in [5.41, 5.74) is -1.56. The Morgan fingerprint density at radius 3 is 2.62 bits per heavy atom. The number of esters is 1. The van der Waals surface area contributed by atoms with Crippen molar-refractivity contribution in [3.05, 3.63) is 22.8 Å². The second-order valence-corrected chi connectivity index (χ2v) is 6.93. The van der Waals surface area contributed by atoms with Crippen LogP contribution in [0.2, 0.25) is 5.02 Å². The third-order valence-corrected chi connectivity index (χ3v) is 4.88. The first-order valence-corrected chi connectivity index (χ1v) is 8.01. The van der Waals surface area contributed by atoms with Crippen LogP contribution in [0.1, 0.15) is 32.3 Å². The van der Waals surface area contributed by atoms with Crippen LogP contribution in [0.5, 0.6) is 0 Å². The van der Waals surface area contributed by atoms with E-state index >= 15 is 0 Å². The number of methoxy groups -OCH3 is 1. The molecular weight excluding hydrogens is 345 g/mol. The van der Waals surface area contributed by atoms with E-state index in [1.165, 1.54) is 7.11 Å². The van der Waals surface area contributed by atoms with E-state index in [9.17, 15) is 18.0 Å². The van der Waals surface area contributed by atoms with Crippen molar-refractivity contribution in [2.45, 2.75) is 32.9 Å². The Morgan fingerprint density at radius 1 is 1.42 bits per heavy atom. The number of nitrogens with zero attached hydrogens (tertiary/aromatic N) is 2. The highest BCUT2D eigenvalue weighted by Gasteiger charge is 2.40. The van der Waals surface area contributed by atoms with Crippen molar-refractivity contribution in [2.24, 2.45) is 11.3 Å². The zero-order valence-corrected chi connectivity index (χ0v) is 14.5. The number of anilines is 1. The van der Waals surface area contributed by atoms with E-state index < -0.39 is 17.2 Å². The van der Waals surface area contributed by atoms with Gasteiger partial charge in [-0.2, -0.15) is 13.2 Å². The normalized spacial score (nSPS) is 19.3. The number of piperidine rings is 1. The summed E-state index contributed by atoms with van der Waals surface area (Å²) in [4.78, 5) is 17.7. The molecule has 1 aromatic rings. The van der Waals surface area contributed by atoms with Gasteiger partial charge in [0, 0.05) is 19.3 Å². The number of pyridine rings is 1. The average Bonchev–Trinajstić information content (AvgIpc) is 2.53. The molecule has 0 spiro atoms. The maximum Gasteiger partial charge on any atom is 0.417 e. The van der Waals surface area contributed by atoms with Gasteiger partial charge in [-0.1, -0.05) is 11.6 Å². The lowest BCUT2D eigenvalue weighted by Gasteiger charge is -2.40. The molecular formula is C16H20ClF3N2O2. The molecule has 0 radical (unpaired) electrons. The van der Waals surface area contributed by atoms with E-state index in [4.69, 9.17) is 16.3 Å². The third-order valence-electron chi connectivity index (χ3n) is 4.60. The van der Waals surface area contributed by atoms with Crippen LogP contribution in [0, 0.1) is 11.3 Å². The molecule has 134 valence electrons. The zero-order chi connectivity index (χ0) is 18.1. The van der Waals surface area contributed by atoms with Gasteiger partial charge >= 0.3 is 12.1 Å². The summed E-state index contributed by atoms with van der Waals surface area (Å²) < 4.78 is 43.0. The number of carbonyl (C=O) groups excluding carboxylic acids is 1.